The lowest BCUT2D eigenvalue weighted by molar-refractivity contribution is -0.274. The molecule has 11 heteroatoms. The molecule has 3 aromatic carbocycles. The summed E-state index contributed by atoms with van der Waals surface area (Å²) < 4.78 is 57.9. The maximum absolute atomic E-state index is 14.4. The van der Waals surface area contributed by atoms with Gasteiger partial charge >= 0.3 is 6.36 Å². The first kappa shape index (κ1) is 23.3. The first-order valence-corrected chi connectivity index (χ1v) is 10.8. The van der Waals surface area contributed by atoms with Gasteiger partial charge in [0, 0.05) is 5.69 Å². The van der Waals surface area contributed by atoms with Crippen LogP contribution in [-0.4, -0.2) is 32.8 Å². The summed E-state index contributed by atoms with van der Waals surface area (Å²) in [4.78, 5) is 12.5. The minimum absolute atomic E-state index is 0.123. The van der Waals surface area contributed by atoms with Crippen molar-refractivity contribution < 1.29 is 27.1 Å². The number of thioether (sulfide) groups is 1. The van der Waals surface area contributed by atoms with Gasteiger partial charge in [0.05, 0.1) is 17.0 Å². The van der Waals surface area contributed by atoms with Gasteiger partial charge in [-0.05, 0) is 36.4 Å². The molecular formula is C23H16F4N4O2S. The lowest BCUT2D eigenvalue weighted by Crippen LogP contribution is -2.20. The van der Waals surface area contributed by atoms with Crippen LogP contribution in [0, 0.1) is 5.82 Å². The van der Waals surface area contributed by atoms with Crippen LogP contribution < -0.4 is 10.1 Å². The van der Waals surface area contributed by atoms with Crippen molar-refractivity contribution in [2.45, 2.75) is 11.5 Å². The monoisotopic (exact) mass is 488 g/mol. The summed E-state index contributed by atoms with van der Waals surface area (Å²) in [6.45, 7) is 0. The van der Waals surface area contributed by atoms with Crippen molar-refractivity contribution in [2.75, 3.05) is 11.1 Å². The quantitative estimate of drug-likeness (QED) is 0.267. The molecule has 0 bridgehead atoms. The van der Waals surface area contributed by atoms with Crippen molar-refractivity contribution in [2.24, 2.45) is 0 Å². The van der Waals surface area contributed by atoms with Crippen LogP contribution >= 0.6 is 11.8 Å². The third kappa shape index (κ3) is 5.54. The number of carbonyl (C=O) groups is 1. The number of halogens is 4. The minimum Gasteiger partial charge on any atom is -0.404 e. The van der Waals surface area contributed by atoms with Gasteiger partial charge in [0.1, 0.15) is 5.82 Å². The number of carbonyl (C=O) groups excluding carboxylic acids is 1. The Hall–Kier alpha value is -3.86. The summed E-state index contributed by atoms with van der Waals surface area (Å²) in [5.74, 6) is -1.54. The molecule has 6 nitrogen and oxygen atoms in total. The average Bonchev–Trinajstić information content (AvgIpc) is 3.23. The lowest BCUT2D eigenvalue weighted by atomic mass is 10.2. The van der Waals surface area contributed by atoms with Gasteiger partial charge in [-0.25, -0.2) is 4.39 Å². The third-order valence-corrected chi connectivity index (χ3v) is 5.41. The molecule has 1 N–H and O–H groups in total. The number of nitrogens with zero attached hydrogens (tertiary/aromatic N) is 3. The number of amides is 1. The molecule has 4 rings (SSSR count). The number of ether oxygens (including phenoxy) is 1. The van der Waals surface area contributed by atoms with E-state index in [1.807, 2.05) is 6.07 Å². The SMILES string of the molecule is O=C(CSc1nnc(-c2ccccc2F)n1-c1ccccc1)Nc1ccccc1OC(F)(F)F. The van der Waals surface area contributed by atoms with E-state index in [1.54, 1.807) is 47.0 Å². The standard InChI is InChI=1S/C23H16F4N4O2S/c24-17-11-5-4-10-16(17)21-29-30-22(31(21)15-8-2-1-3-9-15)34-14-20(32)28-18-12-6-7-13-19(18)33-23(25,26)27/h1-13H,14H2,(H,28,32). The average molecular weight is 488 g/mol. The summed E-state index contributed by atoms with van der Waals surface area (Å²) in [6, 6.07) is 20.3. The number of rotatable bonds is 7. The summed E-state index contributed by atoms with van der Waals surface area (Å²) in [6.07, 6.45) is -4.90. The van der Waals surface area contributed by atoms with Crippen LogP contribution in [0.5, 0.6) is 5.75 Å². The predicted molar refractivity (Wildman–Crippen MR) is 119 cm³/mol. The molecule has 0 aliphatic rings. The highest BCUT2D eigenvalue weighted by molar-refractivity contribution is 7.99. The Kier molecular flexibility index (Phi) is 6.82. The van der Waals surface area contributed by atoms with Gasteiger partial charge < -0.3 is 10.1 Å². The Balaban J connectivity index is 1.56. The lowest BCUT2D eigenvalue weighted by Gasteiger charge is -2.14. The fraction of sp³-hybridized carbons (Fsp3) is 0.0870. The van der Waals surface area contributed by atoms with Crippen molar-refractivity contribution in [3.63, 3.8) is 0 Å². The van der Waals surface area contributed by atoms with E-state index in [-0.39, 0.29) is 22.8 Å². The molecule has 0 aliphatic heterocycles. The van der Waals surface area contributed by atoms with Crippen molar-refractivity contribution in [3.8, 4) is 22.8 Å². The van der Waals surface area contributed by atoms with Gasteiger partial charge in [-0.1, -0.05) is 54.2 Å². The van der Waals surface area contributed by atoms with Gasteiger partial charge in [0.25, 0.3) is 0 Å². The number of aromatic nitrogens is 3. The van der Waals surface area contributed by atoms with Gasteiger partial charge in [-0.15, -0.1) is 23.4 Å². The Morgan fingerprint density at radius 3 is 2.35 bits per heavy atom. The number of nitrogens with one attached hydrogen (secondary N) is 1. The van der Waals surface area contributed by atoms with Crippen LogP contribution in [0.15, 0.2) is 84.0 Å². The molecule has 0 unspecified atom stereocenters. The molecule has 174 valence electrons. The van der Waals surface area contributed by atoms with Crippen molar-refractivity contribution in [3.05, 3.63) is 84.7 Å². The Morgan fingerprint density at radius 1 is 0.941 bits per heavy atom. The highest BCUT2D eigenvalue weighted by Gasteiger charge is 2.32. The largest absolute Gasteiger partial charge is 0.573 e. The molecule has 0 saturated heterocycles. The number of hydrogen-bond donors (Lipinski definition) is 1. The first-order chi connectivity index (χ1) is 16.3. The fourth-order valence-electron chi connectivity index (χ4n) is 3.09. The van der Waals surface area contributed by atoms with Crippen LogP contribution in [0.2, 0.25) is 0 Å². The van der Waals surface area contributed by atoms with Crippen LogP contribution in [0.1, 0.15) is 0 Å². The highest BCUT2D eigenvalue weighted by atomic mass is 32.2. The molecule has 1 heterocycles. The molecule has 1 aromatic heterocycles. The van der Waals surface area contributed by atoms with Gasteiger partial charge in [-0.3, -0.25) is 9.36 Å². The number of hydrogen-bond acceptors (Lipinski definition) is 5. The van der Waals surface area contributed by atoms with E-state index in [0.29, 0.717) is 10.8 Å². The molecule has 0 saturated carbocycles. The Bertz CT molecular complexity index is 1300. The second kappa shape index (κ2) is 9.96. The van der Waals surface area contributed by atoms with Crippen molar-refractivity contribution in [1.82, 2.24) is 14.8 Å². The Morgan fingerprint density at radius 2 is 1.62 bits per heavy atom. The highest BCUT2D eigenvalue weighted by Crippen LogP contribution is 2.31. The Labute approximate surface area is 195 Å². The number of para-hydroxylation sites is 3. The van der Waals surface area contributed by atoms with Gasteiger partial charge in [-0.2, -0.15) is 0 Å². The zero-order valence-corrected chi connectivity index (χ0v) is 18.1. The fourth-order valence-corrected chi connectivity index (χ4v) is 3.84. The summed E-state index contributed by atoms with van der Waals surface area (Å²) in [5, 5.41) is 10.9. The molecular weight excluding hydrogens is 472 g/mol. The molecule has 1 amide bonds. The number of alkyl halides is 3. The van der Waals surface area contributed by atoms with E-state index in [2.05, 4.69) is 20.3 Å². The third-order valence-electron chi connectivity index (χ3n) is 4.48. The molecule has 0 atom stereocenters. The topological polar surface area (TPSA) is 69.0 Å². The molecule has 0 aliphatic carbocycles. The second-order valence-electron chi connectivity index (χ2n) is 6.84. The molecule has 34 heavy (non-hydrogen) atoms. The summed E-state index contributed by atoms with van der Waals surface area (Å²) in [5.41, 5.74) is 0.757. The minimum atomic E-state index is -4.90. The smallest absolute Gasteiger partial charge is 0.404 e. The van der Waals surface area contributed by atoms with Crippen LogP contribution in [0.25, 0.3) is 17.1 Å². The van der Waals surface area contributed by atoms with E-state index < -0.39 is 23.8 Å². The van der Waals surface area contributed by atoms with Crippen molar-refractivity contribution >= 4 is 23.4 Å². The van der Waals surface area contributed by atoms with E-state index >= 15 is 0 Å². The maximum atomic E-state index is 14.4. The van der Waals surface area contributed by atoms with E-state index in [9.17, 15) is 22.4 Å². The molecule has 0 radical (unpaired) electrons. The van der Waals surface area contributed by atoms with Crippen LogP contribution in [0.3, 0.4) is 0 Å². The maximum Gasteiger partial charge on any atom is 0.573 e. The van der Waals surface area contributed by atoms with Crippen molar-refractivity contribution in [1.29, 1.82) is 0 Å². The predicted octanol–water partition coefficient (Wildman–Crippen LogP) is 5.70. The summed E-state index contributed by atoms with van der Waals surface area (Å²) >= 11 is 1.00. The van der Waals surface area contributed by atoms with Gasteiger partial charge in [0.2, 0.25) is 5.91 Å². The zero-order valence-electron chi connectivity index (χ0n) is 17.3. The molecule has 0 spiro atoms. The van der Waals surface area contributed by atoms with Gasteiger partial charge in [0.15, 0.2) is 16.7 Å². The number of benzene rings is 3. The zero-order chi connectivity index (χ0) is 24.1. The normalized spacial score (nSPS) is 11.3. The summed E-state index contributed by atoms with van der Waals surface area (Å²) in [7, 11) is 0. The number of anilines is 1. The first-order valence-electron chi connectivity index (χ1n) is 9.85. The van der Waals surface area contributed by atoms with Crippen LogP contribution in [-0.2, 0) is 4.79 Å². The second-order valence-corrected chi connectivity index (χ2v) is 7.78. The van der Waals surface area contributed by atoms with E-state index in [0.717, 1.165) is 17.8 Å². The molecule has 4 aromatic rings. The van der Waals surface area contributed by atoms with E-state index in [1.165, 1.54) is 24.3 Å². The van der Waals surface area contributed by atoms with E-state index in [4.69, 9.17) is 0 Å². The van der Waals surface area contributed by atoms with Crippen LogP contribution in [0.4, 0.5) is 23.2 Å². The molecule has 0 fully saturated rings.